The minimum Gasteiger partial charge on any atom is -0.397 e. The number of carbonyl (C=O) groups excluding carboxylic acids is 1. The minimum atomic E-state index is -0.304. The molecular formula is C23H26ClN4O3S+. The summed E-state index contributed by atoms with van der Waals surface area (Å²) in [7, 11) is 0. The number of nitrogens with zero attached hydrogens (tertiary/aromatic N) is 1. The summed E-state index contributed by atoms with van der Waals surface area (Å²) in [6.07, 6.45) is 0.723. The lowest BCUT2D eigenvalue weighted by molar-refractivity contribution is -0.329. The van der Waals surface area contributed by atoms with Gasteiger partial charge in [-0.15, -0.1) is 0 Å². The van der Waals surface area contributed by atoms with Crippen molar-refractivity contribution in [1.82, 2.24) is 0 Å². The summed E-state index contributed by atoms with van der Waals surface area (Å²) >= 11 is 7.45. The molecule has 2 aromatic heterocycles. The first-order valence-corrected chi connectivity index (χ1v) is 11.8. The Hall–Kier alpha value is -2.39. The number of anilines is 3. The molecule has 0 radical (unpaired) electrons. The van der Waals surface area contributed by atoms with Gasteiger partial charge in [0.1, 0.15) is 18.0 Å². The van der Waals surface area contributed by atoms with Gasteiger partial charge in [-0.1, -0.05) is 29.0 Å². The molecule has 1 amide bonds. The number of aromatic nitrogens is 1. The van der Waals surface area contributed by atoms with Gasteiger partial charge in [-0.25, -0.2) is 4.98 Å². The fourth-order valence-electron chi connectivity index (χ4n) is 4.38. The minimum absolute atomic E-state index is 0.243. The molecule has 3 aromatic rings. The number of halogens is 1. The molecule has 168 valence electrons. The van der Waals surface area contributed by atoms with Gasteiger partial charge >= 0.3 is 0 Å². The fraction of sp³-hybridized carbons (Fsp3) is 0.391. The van der Waals surface area contributed by atoms with Crippen molar-refractivity contribution < 1.29 is 19.3 Å². The van der Waals surface area contributed by atoms with Gasteiger partial charge < -0.3 is 20.5 Å². The highest BCUT2D eigenvalue weighted by Crippen LogP contribution is 2.42. The van der Waals surface area contributed by atoms with Crippen molar-refractivity contribution in [2.24, 2.45) is 0 Å². The standard InChI is InChI=1S/C23H25ClN4O3S/c1-23(2)11-15-16(12-31-23)20(28-6-8-30-9-7-28)27-22-17(15)18(25)19(32-22)21(29)26-14-5-3-4-13(24)10-14/h3-5,10H,6-9,11-12,25H2,1-2H3,(H,26,29)/p+1. The first kappa shape index (κ1) is 21.5. The average Bonchev–Trinajstić information content (AvgIpc) is 3.10. The number of benzene rings is 1. The Morgan fingerprint density at radius 3 is 2.81 bits per heavy atom. The number of morpholine rings is 1. The number of H-pyrrole nitrogens is 1. The van der Waals surface area contributed by atoms with E-state index in [1.54, 1.807) is 24.3 Å². The molecule has 4 N–H and O–H groups in total. The summed E-state index contributed by atoms with van der Waals surface area (Å²) in [5.41, 5.74) is 9.70. The Morgan fingerprint density at radius 1 is 1.28 bits per heavy atom. The monoisotopic (exact) mass is 473 g/mol. The molecule has 0 spiro atoms. The third-order valence-corrected chi connectivity index (χ3v) is 7.31. The van der Waals surface area contributed by atoms with Crippen LogP contribution >= 0.6 is 22.9 Å². The van der Waals surface area contributed by atoms with Gasteiger partial charge in [0.15, 0.2) is 4.83 Å². The van der Waals surface area contributed by atoms with Gasteiger partial charge in [-0.3, -0.25) is 9.69 Å². The number of ether oxygens (including phenoxy) is 2. The highest BCUT2D eigenvalue weighted by molar-refractivity contribution is 7.21. The van der Waals surface area contributed by atoms with Crippen LogP contribution in [0, 0.1) is 0 Å². The SMILES string of the molecule is CC1(C)Cc2c(c(N3CCOCC3)[nH+]c3sc(C(=O)Nc4cccc(Cl)c4)c(N)c23)CO1. The lowest BCUT2D eigenvalue weighted by Crippen LogP contribution is -2.42. The van der Waals surface area contributed by atoms with Crippen LogP contribution < -0.4 is 20.9 Å². The number of hydrogen-bond acceptors (Lipinski definition) is 6. The Kier molecular flexibility index (Phi) is 5.49. The predicted octanol–water partition coefficient (Wildman–Crippen LogP) is 3.89. The number of nitrogens with two attached hydrogens (primary N) is 1. The summed E-state index contributed by atoms with van der Waals surface area (Å²) in [6, 6.07) is 7.08. The molecule has 0 saturated carbocycles. The lowest BCUT2D eigenvalue weighted by Gasteiger charge is -2.33. The molecule has 0 aliphatic carbocycles. The van der Waals surface area contributed by atoms with Crippen molar-refractivity contribution in [3.8, 4) is 0 Å². The lowest BCUT2D eigenvalue weighted by atomic mass is 9.89. The van der Waals surface area contributed by atoms with Crippen LogP contribution in [-0.4, -0.2) is 37.8 Å². The van der Waals surface area contributed by atoms with Gasteiger partial charge in [0.25, 0.3) is 11.7 Å². The van der Waals surface area contributed by atoms with Crippen molar-refractivity contribution in [2.45, 2.75) is 32.5 Å². The van der Waals surface area contributed by atoms with Crippen molar-refractivity contribution in [3.05, 3.63) is 45.3 Å². The van der Waals surface area contributed by atoms with Crippen LogP contribution in [0.5, 0.6) is 0 Å². The zero-order valence-corrected chi connectivity index (χ0v) is 19.7. The number of pyridine rings is 1. The van der Waals surface area contributed by atoms with Gasteiger partial charge in [-0.05, 0) is 37.6 Å². The fourth-order valence-corrected chi connectivity index (χ4v) is 5.62. The number of hydrogen-bond donors (Lipinski definition) is 2. The van der Waals surface area contributed by atoms with E-state index in [4.69, 9.17) is 26.8 Å². The zero-order valence-electron chi connectivity index (χ0n) is 18.1. The van der Waals surface area contributed by atoms with Crippen molar-refractivity contribution in [3.63, 3.8) is 0 Å². The van der Waals surface area contributed by atoms with Crippen LogP contribution in [0.2, 0.25) is 5.02 Å². The van der Waals surface area contributed by atoms with E-state index in [1.165, 1.54) is 11.3 Å². The zero-order chi connectivity index (χ0) is 22.5. The largest absolute Gasteiger partial charge is 0.397 e. The van der Waals surface area contributed by atoms with Crippen LogP contribution in [0.15, 0.2) is 24.3 Å². The third-order valence-electron chi connectivity index (χ3n) is 5.95. The summed E-state index contributed by atoms with van der Waals surface area (Å²) in [6.45, 7) is 7.66. The topological polar surface area (TPSA) is 91.0 Å². The Bertz CT molecular complexity index is 1200. The van der Waals surface area contributed by atoms with Crippen LogP contribution in [0.25, 0.3) is 10.2 Å². The Morgan fingerprint density at radius 2 is 2.06 bits per heavy atom. The maximum absolute atomic E-state index is 13.1. The smallest absolute Gasteiger partial charge is 0.281 e. The molecule has 5 rings (SSSR count). The van der Waals surface area contributed by atoms with Gasteiger partial charge in [-0.2, -0.15) is 0 Å². The first-order chi connectivity index (χ1) is 15.3. The number of fused-ring (bicyclic) bond motifs is 3. The Labute approximate surface area is 195 Å². The van der Waals surface area contributed by atoms with Crippen LogP contribution in [0.3, 0.4) is 0 Å². The van der Waals surface area contributed by atoms with Gasteiger partial charge in [0.2, 0.25) is 0 Å². The van der Waals surface area contributed by atoms with Gasteiger partial charge in [0.05, 0.1) is 42.1 Å². The van der Waals surface area contributed by atoms with Crippen molar-refractivity contribution in [1.29, 1.82) is 0 Å². The number of nitrogens with one attached hydrogen (secondary N) is 2. The molecule has 0 unspecified atom stereocenters. The predicted molar refractivity (Wildman–Crippen MR) is 128 cm³/mol. The summed E-state index contributed by atoms with van der Waals surface area (Å²) in [4.78, 5) is 20.4. The molecule has 4 heterocycles. The molecule has 1 fully saturated rings. The molecule has 2 aliphatic rings. The molecule has 1 aromatic carbocycles. The second-order valence-corrected chi connectivity index (χ2v) is 10.2. The van der Waals surface area contributed by atoms with E-state index in [0.29, 0.717) is 41.1 Å². The highest BCUT2D eigenvalue weighted by Gasteiger charge is 2.36. The highest BCUT2D eigenvalue weighted by atomic mass is 35.5. The number of carbonyl (C=O) groups is 1. The summed E-state index contributed by atoms with van der Waals surface area (Å²) in [5, 5.41) is 4.40. The van der Waals surface area contributed by atoms with E-state index in [-0.39, 0.29) is 11.5 Å². The second-order valence-electron chi connectivity index (χ2n) is 8.77. The quantitative estimate of drug-likeness (QED) is 0.602. The maximum Gasteiger partial charge on any atom is 0.281 e. The maximum atomic E-state index is 13.1. The van der Waals surface area contributed by atoms with Crippen LogP contribution in [-0.2, 0) is 22.5 Å². The Balaban J connectivity index is 1.61. The summed E-state index contributed by atoms with van der Waals surface area (Å²) < 4.78 is 11.7. The van der Waals surface area contributed by atoms with E-state index in [9.17, 15) is 4.79 Å². The molecule has 0 bridgehead atoms. The van der Waals surface area contributed by atoms with E-state index < -0.39 is 0 Å². The third kappa shape index (κ3) is 3.92. The van der Waals surface area contributed by atoms with Crippen LogP contribution in [0.4, 0.5) is 17.2 Å². The molecule has 9 heteroatoms. The number of aromatic amines is 1. The molecular weight excluding hydrogens is 448 g/mol. The number of thiophene rings is 1. The summed E-state index contributed by atoms with van der Waals surface area (Å²) in [5.74, 6) is 0.793. The molecule has 1 saturated heterocycles. The first-order valence-electron chi connectivity index (χ1n) is 10.6. The van der Waals surface area contributed by atoms with Crippen molar-refractivity contribution >= 4 is 56.3 Å². The van der Waals surface area contributed by atoms with Crippen LogP contribution in [0.1, 0.15) is 34.6 Å². The molecule has 2 aliphatic heterocycles. The molecule has 32 heavy (non-hydrogen) atoms. The number of amides is 1. The van der Waals surface area contributed by atoms with E-state index in [0.717, 1.165) is 46.7 Å². The molecule has 0 atom stereocenters. The number of nitrogen functional groups attached to an aromatic ring is 1. The van der Waals surface area contributed by atoms with E-state index in [1.807, 2.05) is 0 Å². The second kappa shape index (κ2) is 8.19. The number of rotatable bonds is 3. The normalized spacial score (nSPS) is 17.9. The van der Waals surface area contributed by atoms with E-state index in [2.05, 4.69) is 29.0 Å². The average molecular weight is 474 g/mol. The molecule has 7 nitrogen and oxygen atoms in total. The van der Waals surface area contributed by atoms with E-state index >= 15 is 0 Å². The van der Waals surface area contributed by atoms with Gasteiger partial charge in [0, 0.05) is 17.1 Å². The van der Waals surface area contributed by atoms with Crippen molar-refractivity contribution in [2.75, 3.05) is 42.3 Å².